The Morgan fingerprint density at radius 1 is 1.30 bits per heavy atom. The highest BCUT2D eigenvalue weighted by Crippen LogP contribution is 2.25. The summed E-state index contributed by atoms with van der Waals surface area (Å²) in [5.41, 5.74) is -0.249. The third-order valence-corrected chi connectivity index (χ3v) is 5.78. The van der Waals surface area contributed by atoms with Crippen LogP contribution in [0, 0.1) is 0 Å². The Morgan fingerprint density at radius 3 is 2.43 bits per heavy atom. The first-order chi connectivity index (χ1) is 10.6. The van der Waals surface area contributed by atoms with Crippen molar-refractivity contribution in [2.24, 2.45) is 0 Å². The fourth-order valence-corrected chi connectivity index (χ4v) is 3.81. The van der Waals surface area contributed by atoms with E-state index in [9.17, 15) is 13.5 Å². The van der Waals surface area contributed by atoms with E-state index in [4.69, 9.17) is 0 Å². The number of piperidine rings is 1. The molecule has 0 unspecified atom stereocenters. The molecule has 1 saturated heterocycles. The molecular weight excluding hydrogens is 312 g/mol. The average molecular weight is 340 g/mol. The minimum Gasteiger partial charge on any atom is -0.384 e. The highest BCUT2D eigenvalue weighted by Gasteiger charge is 2.30. The van der Waals surface area contributed by atoms with Crippen LogP contribution in [0.5, 0.6) is 0 Å². The number of hydrogen-bond acceptors (Lipinski definition) is 5. The number of β-amino-alcohol motifs (C(OH)–C–C–N with tert-alkyl or cyclic N) is 1. The van der Waals surface area contributed by atoms with Crippen LogP contribution in [-0.2, 0) is 15.4 Å². The number of hydrogen-bond donors (Lipinski definition) is 1. The van der Waals surface area contributed by atoms with E-state index in [2.05, 4.69) is 23.9 Å². The Morgan fingerprint density at radius 2 is 1.91 bits per heavy atom. The monoisotopic (exact) mass is 340 g/mol. The van der Waals surface area contributed by atoms with Crippen molar-refractivity contribution in [2.75, 3.05) is 40.0 Å². The summed E-state index contributed by atoms with van der Waals surface area (Å²) in [4.78, 5) is 4.81. The fraction of sp³-hybridized carbons (Fsp3) is 0.647. The van der Waals surface area contributed by atoms with Crippen molar-refractivity contribution >= 4 is 9.84 Å². The zero-order valence-electron chi connectivity index (χ0n) is 14.5. The molecule has 0 bridgehead atoms. The van der Waals surface area contributed by atoms with Gasteiger partial charge in [-0.05, 0) is 58.1 Å². The van der Waals surface area contributed by atoms with E-state index < -0.39 is 15.4 Å². The highest BCUT2D eigenvalue weighted by atomic mass is 32.2. The molecule has 1 aliphatic heterocycles. The molecule has 0 radical (unpaired) electrons. The van der Waals surface area contributed by atoms with Crippen molar-refractivity contribution in [2.45, 2.75) is 36.3 Å². The van der Waals surface area contributed by atoms with Crippen molar-refractivity contribution in [3.63, 3.8) is 0 Å². The first-order valence-electron chi connectivity index (χ1n) is 8.01. The first-order valence-corrected chi connectivity index (χ1v) is 9.90. The van der Waals surface area contributed by atoms with E-state index >= 15 is 0 Å². The lowest BCUT2D eigenvalue weighted by atomic mass is 9.94. The Hall–Kier alpha value is -0.950. The summed E-state index contributed by atoms with van der Waals surface area (Å²) in [5, 5.41) is 10.9. The van der Waals surface area contributed by atoms with Gasteiger partial charge in [-0.3, -0.25) is 4.90 Å². The van der Waals surface area contributed by atoms with E-state index in [1.165, 1.54) is 12.7 Å². The minimum atomic E-state index is -3.21. The lowest BCUT2D eigenvalue weighted by Gasteiger charge is -2.39. The van der Waals surface area contributed by atoms with Gasteiger partial charge in [0, 0.05) is 25.4 Å². The molecule has 23 heavy (non-hydrogen) atoms. The van der Waals surface area contributed by atoms with E-state index in [1.54, 1.807) is 31.2 Å². The van der Waals surface area contributed by atoms with Gasteiger partial charge in [-0.1, -0.05) is 12.1 Å². The Kier molecular flexibility index (Phi) is 5.51. The molecule has 1 N–H and O–H groups in total. The first kappa shape index (κ1) is 18.4. The van der Waals surface area contributed by atoms with Gasteiger partial charge in [0.1, 0.15) is 0 Å². The Bertz CT molecular complexity index is 624. The molecule has 1 aliphatic rings. The molecule has 6 heteroatoms. The van der Waals surface area contributed by atoms with Crippen LogP contribution in [0.25, 0.3) is 0 Å². The fourth-order valence-electron chi connectivity index (χ4n) is 3.18. The van der Waals surface area contributed by atoms with E-state index in [-0.39, 0.29) is 4.90 Å². The number of sulfone groups is 1. The summed E-state index contributed by atoms with van der Waals surface area (Å²) in [6.07, 6.45) is 3.51. The molecule has 2 rings (SSSR count). The second-order valence-corrected chi connectivity index (χ2v) is 9.08. The van der Waals surface area contributed by atoms with Crippen molar-refractivity contribution < 1.29 is 13.5 Å². The maximum atomic E-state index is 11.5. The van der Waals surface area contributed by atoms with Gasteiger partial charge < -0.3 is 10.0 Å². The lowest BCUT2D eigenvalue weighted by Crippen LogP contribution is -2.49. The Labute approximate surface area is 139 Å². The number of likely N-dealkylation sites (N-methyl/N-ethyl adjacent to an activating group) is 1. The summed E-state index contributed by atoms with van der Waals surface area (Å²) in [5.74, 6) is 0. The summed E-state index contributed by atoms with van der Waals surface area (Å²) < 4.78 is 23.1. The van der Waals surface area contributed by atoms with Gasteiger partial charge in [0.15, 0.2) is 9.84 Å². The molecule has 0 aromatic heterocycles. The standard InChI is InChI=1S/C17H28N2O3S/c1-17(20,13-19-11-5-6-15(12-19)18(2)3)14-7-9-16(10-8-14)23(4,21)22/h7-10,15,20H,5-6,11-13H2,1-4H3/t15-,17-/m0/s1. The summed E-state index contributed by atoms with van der Waals surface area (Å²) in [6.45, 7) is 4.28. The maximum absolute atomic E-state index is 11.5. The third-order valence-electron chi connectivity index (χ3n) is 4.65. The van der Waals surface area contributed by atoms with Crippen LogP contribution in [0.15, 0.2) is 29.2 Å². The summed E-state index contributed by atoms with van der Waals surface area (Å²) in [6, 6.07) is 7.08. The smallest absolute Gasteiger partial charge is 0.175 e. The van der Waals surface area contributed by atoms with Crippen LogP contribution in [-0.4, -0.2) is 69.4 Å². The van der Waals surface area contributed by atoms with Crippen LogP contribution in [0.1, 0.15) is 25.3 Å². The second kappa shape index (κ2) is 6.89. The number of likely N-dealkylation sites (tertiary alicyclic amines) is 1. The largest absolute Gasteiger partial charge is 0.384 e. The second-order valence-electron chi connectivity index (χ2n) is 7.07. The van der Waals surface area contributed by atoms with Crippen molar-refractivity contribution in [1.29, 1.82) is 0 Å². The van der Waals surface area contributed by atoms with Crippen molar-refractivity contribution in [3.8, 4) is 0 Å². The molecule has 0 spiro atoms. The van der Waals surface area contributed by atoms with Crippen LogP contribution in [0.4, 0.5) is 0 Å². The van der Waals surface area contributed by atoms with E-state index in [0.717, 1.165) is 25.1 Å². The van der Waals surface area contributed by atoms with Crippen LogP contribution < -0.4 is 0 Å². The van der Waals surface area contributed by atoms with Gasteiger partial charge >= 0.3 is 0 Å². The zero-order valence-corrected chi connectivity index (χ0v) is 15.3. The summed E-state index contributed by atoms with van der Waals surface area (Å²) in [7, 11) is 0.980. The SMILES string of the molecule is CN(C)[C@H]1CCCN(C[C@](C)(O)c2ccc(S(C)(=O)=O)cc2)C1. The van der Waals surface area contributed by atoms with Crippen LogP contribution in [0.2, 0.25) is 0 Å². The molecule has 0 aliphatic carbocycles. The lowest BCUT2D eigenvalue weighted by molar-refractivity contribution is -0.000181. The van der Waals surface area contributed by atoms with Crippen LogP contribution >= 0.6 is 0 Å². The molecule has 130 valence electrons. The summed E-state index contributed by atoms with van der Waals surface area (Å²) >= 11 is 0. The van der Waals surface area contributed by atoms with Gasteiger partial charge in [0.05, 0.1) is 10.5 Å². The predicted molar refractivity (Wildman–Crippen MR) is 92.3 cm³/mol. The number of rotatable bonds is 5. The highest BCUT2D eigenvalue weighted by molar-refractivity contribution is 7.90. The topological polar surface area (TPSA) is 60.9 Å². The van der Waals surface area contributed by atoms with Crippen molar-refractivity contribution in [1.82, 2.24) is 9.80 Å². The molecule has 5 nitrogen and oxygen atoms in total. The molecule has 1 heterocycles. The van der Waals surface area contributed by atoms with Gasteiger partial charge in [0.25, 0.3) is 0 Å². The van der Waals surface area contributed by atoms with Crippen molar-refractivity contribution in [3.05, 3.63) is 29.8 Å². The van der Waals surface area contributed by atoms with Gasteiger partial charge in [-0.15, -0.1) is 0 Å². The normalized spacial score (nSPS) is 23.0. The predicted octanol–water partition coefficient (Wildman–Crippen LogP) is 1.32. The molecule has 2 atom stereocenters. The maximum Gasteiger partial charge on any atom is 0.175 e. The molecular formula is C17H28N2O3S. The van der Waals surface area contributed by atoms with Gasteiger partial charge in [-0.2, -0.15) is 0 Å². The molecule has 1 fully saturated rings. The van der Waals surface area contributed by atoms with Gasteiger partial charge in [0.2, 0.25) is 0 Å². The van der Waals surface area contributed by atoms with Crippen LogP contribution in [0.3, 0.4) is 0 Å². The number of aliphatic hydroxyl groups is 1. The average Bonchev–Trinajstić information content (AvgIpc) is 2.46. The number of benzene rings is 1. The molecule has 1 aromatic carbocycles. The molecule has 0 saturated carbocycles. The van der Waals surface area contributed by atoms with E-state index in [0.29, 0.717) is 12.6 Å². The number of nitrogens with zero attached hydrogens (tertiary/aromatic N) is 2. The zero-order chi connectivity index (χ0) is 17.3. The Balaban J connectivity index is 2.09. The molecule has 0 amide bonds. The van der Waals surface area contributed by atoms with E-state index in [1.807, 2.05) is 0 Å². The third kappa shape index (κ3) is 4.76. The quantitative estimate of drug-likeness (QED) is 0.876. The minimum absolute atomic E-state index is 0.280. The van der Waals surface area contributed by atoms with Gasteiger partial charge in [-0.25, -0.2) is 8.42 Å². The molecule has 1 aromatic rings.